The van der Waals surface area contributed by atoms with Crippen LogP contribution in [0.1, 0.15) is 41.7 Å². The molecule has 1 saturated carbocycles. The Morgan fingerprint density at radius 2 is 1.77 bits per heavy atom. The number of hydrogen-bond acceptors (Lipinski definition) is 7. The van der Waals surface area contributed by atoms with Gasteiger partial charge in [0.05, 0.1) is 23.2 Å². The van der Waals surface area contributed by atoms with Crippen molar-refractivity contribution >= 4 is 39.1 Å². The van der Waals surface area contributed by atoms with Gasteiger partial charge in [-0.25, -0.2) is 31.0 Å². The molecule has 9 nitrogen and oxygen atoms in total. The molecule has 3 aliphatic rings. The van der Waals surface area contributed by atoms with Gasteiger partial charge in [0, 0.05) is 56.2 Å². The van der Waals surface area contributed by atoms with Crippen LogP contribution in [0.3, 0.4) is 0 Å². The van der Waals surface area contributed by atoms with Gasteiger partial charge in [-0.2, -0.15) is 4.98 Å². The zero-order valence-corrected chi connectivity index (χ0v) is 22.4. The van der Waals surface area contributed by atoms with Crippen molar-refractivity contribution in [3.8, 4) is 0 Å². The summed E-state index contributed by atoms with van der Waals surface area (Å²) < 4.78 is 80.4. The number of carbonyl (C=O) groups is 1. The maximum Gasteiger partial charge on any atom is 0.258 e. The molecule has 14 heteroatoms. The van der Waals surface area contributed by atoms with E-state index in [-0.39, 0.29) is 61.3 Å². The lowest BCUT2D eigenvalue weighted by Crippen LogP contribution is -2.40. The van der Waals surface area contributed by atoms with Crippen LogP contribution in [0.2, 0.25) is 0 Å². The summed E-state index contributed by atoms with van der Waals surface area (Å²) in [6, 6.07) is 6.01. The van der Waals surface area contributed by atoms with E-state index in [0.717, 1.165) is 6.26 Å². The molecule has 1 aliphatic carbocycles. The van der Waals surface area contributed by atoms with Crippen molar-refractivity contribution in [1.82, 2.24) is 9.97 Å². The number of aryl methyl sites for hydroxylation is 1. The summed E-state index contributed by atoms with van der Waals surface area (Å²) in [5.74, 6) is -3.05. The molecule has 2 aliphatic heterocycles. The fourth-order valence-electron chi connectivity index (χ4n) is 5.49. The summed E-state index contributed by atoms with van der Waals surface area (Å²) in [6.45, 7) is 2.48. The molecule has 0 radical (unpaired) electrons. The lowest BCUT2D eigenvalue weighted by molar-refractivity contribution is -0.0222. The Morgan fingerprint density at radius 1 is 1.08 bits per heavy atom. The van der Waals surface area contributed by atoms with Gasteiger partial charge in [-0.1, -0.05) is 0 Å². The van der Waals surface area contributed by atoms with E-state index in [1.807, 2.05) is 4.90 Å². The summed E-state index contributed by atoms with van der Waals surface area (Å²) in [4.78, 5) is 25.7. The number of halogens is 4. The predicted octanol–water partition coefficient (Wildman–Crippen LogP) is 4.13. The average Bonchev–Trinajstić information content (AvgIpc) is 3.58. The van der Waals surface area contributed by atoms with Gasteiger partial charge in [0.1, 0.15) is 5.82 Å². The molecule has 2 saturated heterocycles. The van der Waals surface area contributed by atoms with Crippen molar-refractivity contribution in [3.05, 3.63) is 35.5 Å². The third kappa shape index (κ3) is 5.89. The smallest absolute Gasteiger partial charge is 0.258 e. The second-order valence-electron chi connectivity index (χ2n) is 10.7. The molecule has 0 unspecified atom stereocenters. The molecule has 212 valence electrons. The second-order valence-corrected chi connectivity index (χ2v) is 12.5. The van der Waals surface area contributed by atoms with E-state index >= 15 is 0 Å². The molecule has 2 aromatic rings. The molecular weight excluding hydrogens is 540 g/mol. The molecule has 1 aromatic heterocycles. The maximum absolute atomic E-state index is 13.6. The third-order valence-corrected chi connectivity index (χ3v) is 8.36. The molecule has 5 rings (SSSR count). The number of anilines is 4. The number of hydrogen-bond donors (Lipinski definition) is 2. The second kappa shape index (κ2) is 9.79. The molecule has 39 heavy (non-hydrogen) atoms. The van der Waals surface area contributed by atoms with E-state index in [9.17, 15) is 30.8 Å². The first-order valence-electron chi connectivity index (χ1n) is 12.7. The number of sulfonamides is 1. The van der Waals surface area contributed by atoms with Gasteiger partial charge in [0.15, 0.2) is 0 Å². The van der Waals surface area contributed by atoms with Gasteiger partial charge < -0.3 is 15.1 Å². The average molecular weight is 571 g/mol. The topological polar surface area (TPSA) is 108 Å². The maximum atomic E-state index is 13.6. The van der Waals surface area contributed by atoms with Gasteiger partial charge in [-0.15, -0.1) is 0 Å². The summed E-state index contributed by atoms with van der Waals surface area (Å²) in [5, 5.41) is 2.74. The number of piperidine rings is 2. The van der Waals surface area contributed by atoms with E-state index in [0.29, 0.717) is 30.9 Å². The first-order valence-corrected chi connectivity index (χ1v) is 14.6. The van der Waals surface area contributed by atoms with Crippen LogP contribution in [0.25, 0.3) is 0 Å². The highest BCUT2D eigenvalue weighted by Crippen LogP contribution is 2.61. The Balaban J connectivity index is 1.40. The van der Waals surface area contributed by atoms with Gasteiger partial charge >= 0.3 is 0 Å². The van der Waals surface area contributed by atoms with E-state index in [1.165, 1.54) is 18.2 Å². The molecule has 0 spiro atoms. The molecule has 1 amide bonds. The van der Waals surface area contributed by atoms with Crippen LogP contribution >= 0.6 is 0 Å². The quantitative estimate of drug-likeness (QED) is 0.482. The van der Waals surface area contributed by atoms with Crippen LogP contribution in [-0.4, -0.2) is 69.1 Å². The fourth-order valence-corrected chi connectivity index (χ4v) is 6.04. The Morgan fingerprint density at radius 3 is 2.41 bits per heavy atom. The fraction of sp³-hybridized carbons (Fsp3) is 0.560. The van der Waals surface area contributed by atoms with Gasteiger partial charge in [0.25, 0.3) is 11.8 Å². The van der Waals surface area contributed by atoms with Gasteiger partial charge in [-0.3, -0.25) is 9.52 Å². The van der Waals surface area contributed by atoms with Crippen molar-refractivity contribution in [1.29, 1.82) is 0 Å². The zero-order valence-electron chi connectivity index (χ0n) is 21.6. The Bertz CT molecular complexity index is 1380. The molecule has 0 bridgehead atoms. The minimum absolute atomic E-state index is 0.0824. The lowest BCUT2D eigenvalue weighted by atomic mass is 9.95. The van der Waals surface area contributed by atoms with E-state index in [4.69, 9.17) is 0 Å². The molecule has 2 N–H and O–H groups in total. The summed E-state index contributed by atoms with van der Waals surface area (Å²) in [6.07, 6.45) is -1.35. The van der Waals surface area contributed by atoms with Crippen LogP contribution in [0, 0.1) is 18.3 Å². The number of carbonyl (C=O) groups excluding carboxylic acids is 1. The Kier molecular flexibility index (Phi) is 6.88. The number of amides is 1. The minimum Gasteiger partial charge on any atom is -0.370 e. The van der Waals surface area contributed by atoms with E-state index in [1.54, 1.807) is 17.9 Å². The number of nitrogens with zero attached hydrogens (tertiary/aromatic N) is 4. The first-order chi connectivity index (χ1) is 18.2. The van der Waals surface area contributed by atoms with Crippen molar-refractivity contribution < 1.29 is 30.8 Å². The number of rotatable bonds is 7. The van der Waals surface area contributed by atoms with Crippen LogP contribution in [0.4, 0.5) is 40.7 Å². The van der Waals surface area contributed by atoms with Crippen LogP contribution in [0.5, 0.6) is 0 Å². The lowest BCUT2D eigenvalue weighted by Gasteiger charge is -2.34. The van der Waals surface area contributed by atoms with Gasteiger partial charge in [-0.05, 0) is 43.9 Å². The van der Waals surface area contributed by atoms with Crippen molar-refractivity contribution in [2.75, 3.05) is 52.3 Å². The molecular formula is C25H30F4N6O3S. The first kappa shape index (κ1) is 27.4. The van der Waals surface area contributed by atoms with Crippen LogP contribution in [-0.2, 0) is 10.0 Å². The highest BCUT2D eigenvalue weighted by Gasteiger charge is 2.62. The summed E-state index contributed by atoms with van der Waals surface area (Å²) in [7, 11) is -3.59. The predicted molar refractivity (Wildman–Crippen MR) is 139 cm³/mol. The van der Waals surface area contributed by atoms with E-state index < -0.39 is 33.7 Å². The summed E-state index contributed by atoms with van der Waals surface area (Å²) >= 11 is 0. The van der Waals surface area contributed by atoms with Crippen LogP contribution < -0.4 is 19.8 Å². The Hall–Kier alpha value is -3.16. The molecule has 2 atom stereocenters. The van der Waals surface area contributed by atoms with Crippen molar-refractivity contribution in [2.24, 2.45) is 11.3 Å². The number of benzene rings is 1. The van der Waals surface area contributed by atoms with Crippen molar-refractivity contribution in [2.45, 2.75) is 45.0 Å². The summed E-state index contributed by atoms with van der Waals surface area (Å²) in [5.41, 5.74) is 0.436. The number of fused-ring (bicyclic) bond motifs is 1. The number of aromatic nitrogens is 2. The van der Waals surface area contributed by atoms with E-state index in [2.05, 4.69) is 20.0 Å². The third-order valence-electron chi connectivity index (χ3n) is 7.75. The number of nitrogens with one attached hydrogen (secondary N) is 2. The number of alkyl halides is 4. The Labute approximate surface area is 224 Å². The largest absolute Gasteiger partial charge is 0.370 e. The zero-order chi connectivity index (χ0) is 28.2. The normalized spacial score (nSPS) is 24.3. The monoisotopic (exact) mass is 570 g/mol. The van der Waals surface area contributed by atoms with Crippen LogP contribution in [0.15, 0.2) is 24.3 Å². The highest BCUT2D eigenvalue weighted by molar-refractivity contribution is 7.92. The molecule has 1 aromatic carbocycles. The SMILES string of the molecule is Cc1cc(NC(=O)c2ccc(NS(C)(=O)=O)cc2N2CC[C@@]3(C(F)F)C[C@H]3C2)nc(N2CCC(F)(F)CC2)n1. The van der Waals surface area contributed by atoms with Crippen molar-refractivity contribution in [3.63, 3.8) is 0 Å². The standard InChI is InChI=1S/C25H30F4N6O3S/c1-15-11-20(32-23(30-15)34-9-6-25(28,29)7-10-34)31-21(36)18-4-3-17(33-39(2,37)38)12-19(18)35-8-5-24(22(26)27)13-16(24)14-35/h3-4,11-12,16,22,33H,5-10,13-14H2,1-2H3,(H,30,31,32,36)/t16-,24+/m0/s1. The minimum atomic E-state index is -3.59. The van der Waals surface area contributed by atoms with Gasteiger partial charge in [0.2, 0.25) is 22.4 Å². The highest BCUT2D eigenvalue weighted by atomic mass is 32.2. The molecule has 3 fully saturated rings. The molecule has 3 heterocycles.